The van der Waals surface area contributed by atoms with Crippen LogP contribution in [0, 0.1) is 0 Å². The third-order valence-electron chi connectivity index (χ3n) is 4.41. The lowest BCUT2D eigenvalue weighted by atomic mass is 10.1. The molecular weight excluding hydrogens is 386 g/mol. The number of nitrogens with zero attached hydrogens (tertiary/aromatic N) is 4. The van der Waals surface area contributed by atoms with Crippen molar-refractivity contribution in [1.29, 1.82) is 0 Å². The smallest absolute Gasteiger partial charge is 0.255 e. The van der Waals surface area contributed by atoms with Crippen LogP contribution in [0.2, 0.25) is 0 Å². The van der Waals surface area contributed by atoms with E-state index in [2.05, 4.69) is 20.4 Å². The van der Waals surface area contributed by atoms with Crippen molar-refractivity contribution in [3.05, 3.63) is 88.9 Å². The van der Waals surface area contributed by atoms with E-state index >= 15 is 0 Å². The molecule has 0 aliphatic heterocycles. The van der Waals surface area contributed by atoms with Gasteiger partial charge in [-0.2, -0.15) is 5.10 Å². The van der Waals surface area contributed by atoms with Gasteiger partial charge in [0, 0.05) is 5.38 Å². The van der Waals surface area contributed by atoms with Crippen LogP contribution in [0.1, 0.15) is 34.6 Å². The fourth-order valence-electron chi connectivity index (χ4n) is 2.86. The minimum Gasteiger partial charge on any atom is -0.486 e. The molecule has 29 heavy (non-hydrogen) atoms. The Morgan fingerprint density at radius 2 is 2.03 bits per heavy atom. The van der Waals surface area contributed by atoms with Crippen LogP contribution in [-0.4, -0.2) is 25.7 Å². The molecule has 0 aliphatic carbocycles. The molecule has 1 N–H and O–H groups in total. The van der Waals surface area contributed by atoms with E-state index in [9.17, 15) is 4.79 Å². The largest absolute Gasteiger partial charge is 0.486 e. The number of carbonyl (C=O) groups is 1. The van der Waals surface area contributed by atoms with Gasteiger partial charge < -0.3 is 10.1 Å². The molecule has 0 fully saturated rings. The van der Waals surface area contributed by atoms with Crippen LogP contribution in [0.15, 0.2) is 72.1 Å². The summed E-state index contributed by atoms with van der Waals surface area (Å²) in [4.78, 5) is 21.0. The molecule has 8 heteroatoms. The van der Waals surface area contributed by atoms with Crippen LogP contribution in [0.3, 0.4) is 0 Å². The molecule has 1 amide bonds. The van der Waals surface area contributed by atoms with E-state index in [4.69, 9.17) is 4.74 Å². The SMILES string of the molecule is CC(NC(=O)c1ccccc1OCc1cscn1)c1ccc(-n2cncn2)cc1. The lowest BCUT2D eigenvalue weighted by Gasteiger charge is -2.16. The van der Waals surface area contributed by atoms with Gasteiger partial charge in [0.25, 0.3) is 5.91 Å². The van der Waals surface area contributed by atoms with Crippen molar-refractivity contribution in [1.82, 2.24) is 25.1 Å². The minimum atomic E-state index is -0.188. The first-order valence-corrected chi connectivity index (χ1v) is 9.99. The molecule has 0 saturated heterocycles. The molecule has 1 atom stereocenters. The molecule has 0 aliphatic rings. The van der Waals surface area contributed by atoms with Crippen molar-refractivity contribution in [3.8, 4) is 11.4 Å². The van der Waals surface area contributed by atoms with E-state index in [1.165, 1.54) is 17.7 Å². The van der Waals surface area contributed by atoms with Crippen LogP contribution in [0.4, 0.5) is 0 Å². The predicted molar refractivity (Wildman–Crippen MR) is 110 cm³/mol. The number of ether oxygens (including phenoxy) is 1. The van der Waals surface area contributed by atoms with Gasteiger partial charge in [-0.1, -0.05) is 24.3 Å². The summed E-state index contributed by atoms with van der Waals surface area (Å²) in [6.07, 6.45) is 3.13. The summed E-state index contributed by atoms with van der Waals surface area (Å²) in [7, 11) is 0. The molecule has 2 aromatic carbocycles. The fraction of sp³-hybridized carbons (Fsp3) is 0.143. The fourth-order valence-corrected chi connectivity index (χ4v) is 3.40. The molecule has 0 spiro atoms. The maximum absolute atomic E-state index is 12.8. The van der Waals surface area contributed by atoms with Gasteiger partial charge in [0.15, 0.2) is 0 Å². The summed E-state index contributed by atoms with van der Waals surface area (Å²) in [6, 6.07) is 14.9. The Balaban J connectivity index is 1.43. The Labute approximate surface area is 172 Å². The Bertz CT molecular complexity index is 1060. The summed E-state index contributed by atoms with van der Waals surface area (Å²) >= 11 is 1.51. The molecule has 2 aromatic heterocycles. The third kappa shape index (κ3) is 4.49. The topological polar surface area (TPSA) is 81.9 Å². The van der Waals surface area contributed by atoms with Gasteiger partial charge in [-0.3, -0.25) is 4.79 Å². The second-order valence-corrected chi connectivity index (χ2v) is 7.11. The number of amides is 1. The van der Waals surface area contributed by atoms with Crippen LogP contribution in [0.5, 0.6) is 5.75 Å². The lowest BCUT2D eigenvalue weighted by Crippen LogP contribution is -2.27. The molecule has 4 rings (SSSR count). The van der Waals surface area contributed by atoms with Crippen molar-refractivity contribution < 1.29 is 9.53 Å². The van der Waals surface area contributed by atoms with Gasteiger partial charge in [0.1, 0.15) is 25.0 Å². The van der Waals surface area contributed by atoms with Crippen molar-refractivity contribution in [3.63, 3.8) is 0 Å². The zero-order valence-electron chi connectivity index (χ0n) is 15.7. The number of hydrogen-bond acceptors (Lipinski definition) is 6. The number of benzene rings is 2. The van der Waals surface area contributed by atoms with Crippen LogP contribution >= 0.6 is 11.3 Å². The first-order chi connectivity index (χ1) is 14.2. The van der Waals surface area contributed by atoms with Crippen molar-refractivity contribution in [2.45, 2.75) is 19.6 Å². The first kappa shape index (κ1) is 18.8. The number of aromatic nitrogens is 4. The van der Waals surface area contributed by atoms with Gasteiger partial charge in [0.2, 0.25) is 0 Å². The normalized spacial score (nSPS) is 11.8. The van der Waals surface area contributed by atoms with Gasteiger partial charge in [-0.25, -0.2) is 14.6 Å². The quantitative estimate of drug-likeness (QED) is 0.506. The number of para-hydroxylation sites is 1. The highest BCUT2D eigenvalue weighted by molar-refractivity contribution is 7.07. The molecule has 0 saturated carbocycles. The Kier molecular flexibility index (Phi) is 5.62. The molecular formula is C21H19N5O2S. The monoisotopic (exact) mass is 405 g/mol. The number of hydrogen-bond donors (Lipinski definition) is 1. The molecule has 0 bridgehead atoms. The standard InChI is InChI=1S/C21H19N5O2S/c1-15(16-6-8-18(9-7-16)26-13-22-12-24-26)25-21(27)19-4-2-3-5-20(19)28-10-17-11-29-14-23-17/h2-9,11-15H,10H2,1H3,(H,25,27). The van der Waals surface area contributed by atoms with E-state index in [-0.39, 0.29) is 11.9 Å². The number of thiazole rings is 1. The Morgan fingerprint density at radius 3 is 2.76 bits per heavy atom. The molecule has 1 unspecified atom stereocenters. The van der Waals surface area contributed by atoms with Crippen molar-refractivity contribution >= 4 is 17.2 Å². The van der Waals surface area contributed by atoms with Crippen LogP contribution in [-0.2, 0) is 6.61 Å². The van der Waals surface area contributed by atoms with Crippen molar-refractivity contribution in [2.75, 3.05) is 0 Å². The molecule has 2 heterocycles. The maximum Gasteiger partial charge on any atom is 0.255 e. The highest BCUT2D eigenvalue weighted by Crippen LogP contribution is 2.21. The summed E-state index contributed by atoms with van der Waals surface area (Å²) in [5.74, 6) is 0.346. The maximum atomic E-state index is 12.8. The highest BCUT2D eigenvalue weighted by atomic mass is 32.1. The molecule has 0 radical (unpaired) electrons. The Hall–Kier alpha value is -3.52. The molecule has 7 nitrogen and oxygen atoms in total. The number of carbonyl (C=O) groups excluding carboxylic acids is 1. The summed E-state index contributed by atoms with van der Waals surface area (Å²) in [5, 5.41) is 9.07. The van der Waals surface area contributed by atoms with Gasteiger partial charge in [-0.15, -0.1) is 11.3 Å². The van der Waals surface area contributed by atoms with E-state index < -0.39 is 0 Å². The first-order valence-electron chi connectivity index (χ1n) is 9.05. The van der Waals surface area contributed by atoms with E-state index in [0.29, 0.717) is 17.9 Å². The van der Waals surface area contributed by atoms with E-state index in [0.717, 1.165) is 16.9 Å². The molecule has 146 valence electrons. The van der Waals surface area contributed by atoms with E-state index in [1.807, 2.05) is 48.7 Å². The number of nitrogens with one attached hydrogen (secondary N) is 1. The van der Waals surface area contributed by atoms with Crippen LogP contribution in [0.25, 0.3) is 5.69 Å². The van der Waals surface area contributed by atoms with Crippen LogP contribution < -0.4 is 10.1 Å². The minimum absolute atomic E-state index is 0.168. The summed E-state index contributed by atoms with van der Waals surface area (Å²) < 4.78 is 7.50. The summed E-state index contributed by atoms with van der Waals surface area (Å²) in [6.45, 7) is 2.27. The van der Waals surface area contributed by atoms with Gasteiger partial charge >= 0.3 is 0 Å². The average molecular weight is 405 g/mol. The summed E-state index contributed by atoms with van der Waals surface area (Å²) in [5.41, 5.74) is 4.99. The van der Waals surface area contributed by atoms with E-state index in [1.54, 1.807) is 28.7 Å². The zero-order valence-corrected chi connectivity index (χ0v) is 16.5. The van der Waals surface area contributed by atoms with Gasteiger partial charge in [-0.05, 0) is 36.8 Å². The lowest BCUT2D eigenvalue weighted by molar-refractivity contribution is 0.0935. The Morgan fingerprint density at radius 1 is 1.21 bits per heavy atom. The molecule has 4 aromatic rings. The third-order valence-corrected chi connectivity index (χ3v) is 5.05. The number of rotatable bonds is 7. The van der Waals surface area contributed by atoms with Gasteiger partial charge in [0.05, 0.1) is 28.5 Å². The second-order valence-electron chi connectivity index (χ2n) is 6.39. The predicted octanol–water partition coefficient (Wildman–Crippen LogP) is 3.79. The van der Waals surface area contributed by atoms with Crippen molar-refractivity contribution in [2.24, 2.45) is 0 Å². The highest BCUT2D eigenvalue weighted by Gasteiger charge is 2.16. The zero-order chi connectivity index (χ0) is 20.1. The second kappa shape index (κ2) is 8.66. The average Bonchev–Trinajstić information content (AvgIpc) is 3.47.